The van der Waals surface area contributed by atoms with Crippen molar-refractivity contribution in [3.8, 4) is 5.75 Å². The number of pyridine rings is 1. The minimum Gasteiger partial charge on any atom is -0.494 e. The zero-order valence-electron chi connectivity index (χ0n) is 24.1. The van der Waals surface area contributed by atoms with Crippen LogP contribution in [-0.4, -0.2) is 50.1 Å². The van der Waals surface area contributed by atoms with Gasteiger partial charge in [-0.1, -0.05) is 62.2 Å². The number of nitrogens with zero attached hydrogens (tertiary/aromatic N) is 3. The predicted octanol–water partition coefficient (Wildman–Crippen LogP) is 5.89. The van der Waals surface area contributed by atoms with Gasteiger partial charge in [0.2, 0.25) is 5.58 Å². The van der Waals surface area contributed by atoms with Gasteiger partial charge in [0.25, 0.3) is 0 Å². The van der Waals surface area contributed by atoms with Crippen LogP contribution in [0.4, 0.5) is 11.5 Å². The minimum atomic E-state index is -4.52. The van der Waals surface area contributed by atoms with Crippen molar-refractivity contribution in [2.45, 2.75) is 83.1 Å². The first kappa shape index (κ1) is 33.4. The van der Waals surface area contributed by atoms with Crippen LogP contribution in [0.3, 0.4) is 0 Å². The molecule has 3 aromatic rings. The van der Waals surface area contributed by atoms with Crippen LogP contribution in [0, 0.1) is 10.1 Å². The van der Waals surface area contributed by atoms with E-state index in [-0.39, 0.29) is 17.9 Å². The zero-order valence-corrected chi connectivity index (χ0v) is 25.0. The highest BCUT2D eigenvalue weighted by Gasteiger charge is 2.24. The van der Waals surface area contributed by atoms with Gasteiger partial charge in [-0.2, -0.15) is 0 Å². The molecule has 0 saturated heterocycles. The summed E-state index contributed by atoms with van der Waals surface area (Å²) in [6.45, 7) is 2.91. The molecular weight excluding hydrogens is 565 g/mol. The molecule has 42 heavy (non-hydrogen) atoms. The fraction of sp³-hybridized carbons (Fsp3) is 0.571. The first-order chi connectivity index (χ1) is 20.0. The molecule has 3 rings (SSSR count). The topological polar surface area (TPSA) is 196 Å². The molecule has 14 heteroatoms. The summed E-state index contributed by atoms with van der Waals surface area (Å²) < 4.78 is 26.3. The van der Waals surface area contributed by atoms with Crippen molar-refractivity contribution in [2.75, 3.05) is 25.1 Å². The molecule has 0 spiro atoms. The molecule has 0 unspecified atom stereocenters. The molecule has 0 aliphatic rings. The minimum absolute atomic E-state index is 0.138. The molecule has 0 aliphatic heterocycles. The average molecular weight is 608 g/mol. The van der Waals surface area contributed by atoms with Gasteiger partial charge in [-0.15, -0.1) is 0 Å². The lowest BCUT2D eigenvalue weighted by molar-refractivity contribution is -0.384. The van der Waals surface area contributed by atoms with Gasteiger partial charge in [-0.25, -0.2) is 9.55 Å². The van der Waals surface area contributed by atoms with Gasteiger partial charge in [-0.05, 0) is 50.3 Å². The number of rotatable bonds is 21. The summed E-state index contributed by atoms with van der Waals surface area (Å²) in [5.41, 5.74) is 6.27. The number of ether oxygens (including phenoxy) is 1. The van der Waals surface area contributed by atoms with Crippen LogP contribution in [0.1, 0.15) is 76.7 Å². The van der Waals surface area contributed by atoms with E-state index in [0.29, 0.717) is 30.7 Å². The first-order valence-electron chi connectivity index (χ1n) is 14.4. The summed E-state index contributed by atoms with van der Waals surface area (Å²) in [7, 11) is -4.52. The Morgan fingerprint density at radius 2 is 1.69 bits per heavy atom. The Kier molecular flexibility index (Phi) is 13.1. The molecule has 13 nitrogen and oxygen atoms in total. The highest BCUT2D eigenvalue weighted by atomic mass is 31.2. The number of unbranched alkanes of at least 4 members (excludes halogenated alkanes) is 8. The fourth-order valence-corrected chi connectivity index (χ4v) is 4.93. The van der Waals surface area contributed by atoms with Gasteiger partial charge >= 0.3 is 13.5 Å². The number of nitrogens with one attached hydrogen (secondary N) is 1. The molecule has 232 valence electrons. The van der Waals surface area contributed by atoms with E-state index in [0.717, 1.165) is 43.5 Å². The van der Waals surface area contributed by atoms with Gasteiger partial charge in [0.15, 0.2) is 0 Å². The number of hydrogen-bond acceptors (Lipinski definition) is 10. The van der Waals surface area contributed by atoms with E-state index >= 15 is 0 Å². The van der Waals surface area contributed by atoms with Crippen LogP contribution in [0.25, 0.3) is 11.0 Å². The Morgan fingerprint density at radius 3 is 2.33 bits per heavy atom. The number of phosphoric ester groups is 1. The summed E-state index contributed by atoms with van der Waals surface area (Å²) >= 11 is 0. The molecule has 0 bridgehead atoms. The Labute approximate surface area is 245 Å². The average Bonchev–Trinajstić information content (AvgIpc) is 3.44. The largest absolute Gasteiger partial charge is 0.494 e. The van der Waals surface area contributed by atoms with Gasteiger partial charge < -0.3 is 30.1 Å². The van der Waals surface area contributed by atoms with Crippen molar-refractivity contribution in [2.24, 2.45) is 5.73 Å². The third-order valence-corrected chi connectivity index (χ3v) is 7.39. The smallest absolute Gasteiger partial charge is 0.469 e. The Hall–Kier alpha value is -3.09. The molecule has 5 N–H and O–H groups in total. The van der Waals surface area contributed by atoms with Crippen molar-refractivity contribution >= 4 is 30.3 Å². The summed E-state index contributed by atoms with van der Waals surface area (Å²) in [5.74, 6) is 1.38. The maximum atomic E-state index is 11.1. The van der Waals surface area contributed by atoms with Crippen molar-refractivity contribution in [1.82, 2.24) is 10.1 Å². The van der Waals surface area contributed by atoms with E-state index in [1.165, 1.54) is 44.5 Å². The SMILES string of the molecule is C[C@@](N)(CCc1ccc(OCCCCCCCCCCCNc2ncc([N+](=O)[O-])c3oncc23)cc1)COP(=O)(O)O. The van der Waals surface area contributed by atoms with E-state index in [1.807, 2.05) is 24.3 Å². The zero-order chi connectivity index (χ0) is 30.4. The standard InChI is InChI=1S/C28H42N5O8P/c1-28(29,21-40-42(36,37)38)16-15-22-11-13-23(14-12-22)39-18-10-8-6-4-2-3-5-7-9-17-30-27-24-19-32-41-26(24)25(20-31-27)33(34)35/h11-14,19-20H,2-10,15-18,21,29H2,1H3,(H,30,31)(H2,36,37,38)/t28-/m1/s1. The van der Waals surface area contributed by atoms with Crippen LogP contribution in [0.2, 0.25) is 0 Å². The second kappa shape index (κ2) is 16.5. The highest BCUT2D eigenvalue weighted by molar-refractivity contribution is 7.46. The first-order valence-corrected chi connectivity index (χ1v) is 15.9. The Bertz CT molecular complexity index is 1300. The van der Waals surface area contributed by atoms with Crippen LogP contribution in [0.15, 0.2) is 41.2 Å². The van der Waals surface area contributed by atoms with Gasteiger partial charge in [0.1, 0.15) is 17.8 Å². The van der Waals surface area contributed by atoms with E-state index in [1.54, 1.807) is 6.92 Å². The number of nitrogens with two attached hydrogens (primary N) is 1. The number of nitro groups is 1. The molecule has 0 saturated carbocycles. The van der Waals surface area contributed by atoms with E-state index in [2.05, 4.69) is 20.0 Å². The van der Waals surface area contributed by atoms with Crippen molar-refractivity contribution in [3.05, 3.63) is 52.3 Å². The third-order valence-electron chi connectivity index (χ3n) is 6.92. The third kappa shape index (κ3) is 12.0. The van der Waals surface area contributed by atoms with Gasteiger partial charge in [-0.3, -0.25) is 14.6 Å². The van der Waals surface area contributed by atoms with Crippen LogP contribution in [-0.2, 0) is 15.5 Å². The summed E-state index contributed by atoms with van der Waals surface area (Å²) in [4.78, 5) is 32.4. The van der Waals surface area contributed by atoms with Gasteiger partial charge in [0.05, 0.1) is 29.7 Å². The maximum Gasteiger partial charge on any atom is 0.469 e. The van der Waals surface area contributed by atoms with E-state index < -0.39 is 18.3 Å². The van der Waals surface area contributed by atoms with Crippen LogP contribution >= 0.6 is 7.82 Å². The van der Waals surface area contributed by atoms with E-state index in [4.69, 9.17) is 24.8 Å². The molecule has 0 aliphatic carbocycles. The number of hydrogen-bond donors (Lipinski definition) is 4. The molecule has 1 aromatic carbocycles. The summed E-state index contributed by atoms with van der Waals surface area (Å²) in [5, 5.41) is 18.5. The molecule has 0 amide bonds. The summed E-state index contributed by atoms with van der Waals surface area (Å²) in [6, 6.07) is 7.83. The van der Waals surface area contributed by atoms with E-state index in [9.17, 15) is 14.7 Å². The number of phosphoric acid groups is 1. The second-order valence-electron chi connectivity index (χ2n) is 10.8. The molecule has 0 fully saturated rings. The quantitative estimate of drug-likeness (QED) is 0.0485. The molecule has 0 radical (unpaired) electrons. The normalized spacial score (nSPS) is 13.2. The second-order valence-corrected chi connectivity index (χ2v) is 12.1. The number of aryl methyl sites for hydroxylation is 1. The molecule has 1 atom stereocenters. The number of anilines is 1. The lowest BCUT2D eigenvalue weighted by Crippen LogP contribution is -2.41. The monoisotopic (exact) mass is 607 g/mol. The Balaban J connectivity index is 1.16. The molecule has 2 aromatic heterocycles. The van der Waals surface area contributed by atoms with Crippen molar-refractivity contribution in [1.29, 1.82) is 0 Å². The molecular formula is C28H42N5O8P. The number of aromatic nitrogens is 2. The van der Waals surface area contributed by atoms with Crippen LogP contribution < -0.4 is 15.8 Å². The molecule has 2 heterocycles. The summed E-state index contributed by atoms with van der Waals surface area (Å²) in [6.07, 6.45) is 14.1. The lowest BCUT2D eigenvalue weighted by Gasteiger charge is -2.24. The number of benzene rings is 1. The number of fused-ring (bicyclic) bond motifs is 1. The van der Waals surface area contributed by atoms with Gasteiger partial charge in [0, 0.05) is 12.1 Å². The predicted molar refractivity (Wildman–Crippen MR) is 159 cm³/mol. The lowest BCUT2D eigenvalue weighted by atomic mass is 9.95. The maximum absolute atomic E-state index is 11.1. The van der Waals surface area contributed by atoms with Crippen molar-refractivity contribution < 1.29 is 33.1 Å². The van der Waals surface area contributed by atoms with Crippen LogP contribution in [0.5, 0.6) is 5.75 Å². The van der Waals surface area contributed by atoms with Crippen molar-refractivity contribution in [3.63, 3.8) is 0 Å². The fourth-order valence-electron chi connectivity index (χ4n) is 4.47. The Morgan fingerprint density at radius 1 is 1.05 bits per heavy atom. The highest BCUT2D eigenvalue weighted by Crippen LogP contribution is 2.37.